The van der Waals surface area contributed by atoms with Gasteiger partial charge in [0.25, 0.3) is 0 Å². The van der Waals surface area contributed by atoms with Crippen molar-refractivity contribution in [3.8, 4) is 5.75 Å². The van der Waals surface area contributed by atoms with Crippen LogP contribution in [0.1, 0.15) is 19.8 Å². The van der Waals surface area contributed by atoms with Gasteiger partial charge >= 0.3 is 11.6 Å². The lowest BCUT2D eigenvalue weighted by molar-refractivity contribution is -0.144. The van der Waals surface area contributed by atoms with Gasteiger partial charge in [-0.05, 0) is 25.1 Å². The molecule has 0 aliphatic carbocycles. The molecule has 0 unspecified atom stereocenters. The molecular formula is C19H20O7. The quantitative estimate of drug-likeness (QED) is 0.457. The van der Waals surface area contributed by atoms with Crippen molar-refractivity contribution in [3.63, 3.8) is 0 Å². The molecule has 1 aromatic carbocycles. The monoisotopic (exact) mass is 360 g/mol. The van der Waals surface area contributed by atoms with Crippen LogP contribution in [0.4, 0.5) is 0 Å². The van der Waals surface area contributed by atoms with Crippen LogP contribution in [0.25, 0.3) is 11.0 Å². The molecule has 0 radical (unpaired) electrons. The van der Waals surface area contributed by atoms with E-state index >= 15 is 0 Å². The van der Waals surface area contributed by atoms with E-state index in [1.165, 1.54) is 13.0 Å². The van der Waals surface area contributed by atoms with Gasteiger partial charge in [-0.2, -0.15) is 0 Å². The van der Waals surface area contributed by atoms with Crippen LogP contribution in [0, 0.1) is 0 Å². The van der Waals surface area contributed by atoms with Crippen molar-refractivity contribution in [1.29, 1.82) is 0 Å². The van der Waals surface area contributed by atoms with Crippen LogP contribution in [0.3, 0.4) is 0 Å². The minimum atomic E-state index is -1.51. The topological polar surface area (TPSA) is 106 Å². The number of ether oxygens (including phenoxy) is 2. The molecule has 1 aromatic heterocycles. The Kier molecular flexibility index (Phi) is 4.84. The molecule has 0 bridgehead atoms. The SMILES string of the molecule is C=C1C[C@H](C[C@@](C)(O)[C@H](O)COc2ccc3ccc(=O)oc3c2)OC1=O. The summed E-state index contributed by atoms with van der Waals surface area (Å²) in [7, 11) is 0. The zero-order chi connectivity index (χ0) is 18.9. The summed E-state index contributed by atoms with van der Waals surface area (Å²) in [6, 6.07) is 7.91. The molecule has 138 valence electrons. The predicted octanol–water partition coefficient (Wildman–Crippen LogP) is 1.55. The molecule has 7 heteroatoms. The summed E-state index contributed by atoms with van der Waals surface area (Å²) >= 11 is 0. The van der Waals surface area contributed by atoms with Gasteiger partial charge in [-0.3, -0.25) is 0 Å². The molecule has 3 atom stereocenters. The number of rotatable bonds is 6. The summed E-state index contributed by atoms with van der Waals surface area (Å²) in [6.07, 6.45) is -1.34. The third-order valence-electron chi connectivity index (χ3n) is 4.40. The molecule has 1 aliphatic rings. The molecule has 2 aromatic rings. The number of cyclic esters (lactones) is 1. The van der Waals surface area contributed by atoms with Crippen LogP contribution >= 0.6 is 0 Å². The van der Waals surface area contributed by atoms with Crippen LogP contribution in [-0.2, 0) is 9.53 Å². The Morgan fingerprint density at radius 3 is 2.77 bits per heavy atom. The van der Waals surface area contributed by atoms with E-state index in [2.05, 4.69) is 6.58 Å². The van der Waals surface area contributed by atoms with Crippen molar-refractivity contribution in [1.82, 2.24) is 0 Å². The van der Waals surface area contributed by atoms with E-state index in [1.807, 2.05) is 0 Å². The van der Waals surface area contributed by atoms with Gasteiger partial charge in [-0.1, -0.05) is 6.58 Å². The number of fused-ring (bicyclic) bond motifs is 1. The molecule has 2 N–H and O–H groups in total. The first-order valence-electron chi connectivity index (χ1n) is 8.20. The Hall–Kier alpha value is -2.64. The highest BCUT2D eigenvalue weighted by Gasteiger charge is 2.38. The summed E-state index contributed by atoms with van der Waals surface area (Å²) in [6.45, 7) is 4.86. The Labute approximate surface area is 149 Å². The number of carbonyl (C=O) groups is 1. The van der Waals surface area contributed by atoms with Gasteiger partial charge in [0.1, 0.15) is 30.1 Å². The summed E-state index contributed by atoms with van der Waals surface area (Å²) < 4.78 is 15.7. The number of esters is 1. The Bertz CT molecular complexity index is 880. The van der Waals surface area contributed by atoms with E-state index in [0.717, 1.165) is 5.39 Å². The summed E-state index contributed by atoms with van der Waals surface area (Å²) in [4.78, 5) is 22.6. The minimum absolute atomic E-state index is 0.0644. The Balaban J connectivity index is 1.62. The zero-order valence-corrected chi connectivity index (χ0v) is 14.3. The number of benzene rings is 1. The van der Waals surface area contributed by atoms with Crippen LogP contribution in [-0.4, -0.2) is 40.6 Å². The van der Waals surface area contributed by atoms with Crippen molar-refractivity contribution in [3.05, 3.63) is 52.9 Å². The Morgan fingerprint density at radius 1 is 1.35 bits per heavy atom. The van der Waals surface area contributed by atoms with E-state index in [-0.39, 0.29) is 13.0 Å². The molecule has 1 aliphatic heterocycles. The molecule has 0 amide bonds. The van der Waals surface area contributed by atoms with Crippen LogP contribution in [0.2, 0.25) is 0 Å². The third kappa shape index (κ3) is 3.95. The normalized spacial score (nSPS) is 20.7. The van der Waals surface area contributed by atoms with E-state index in [4.69, 9.17) is 13.9 Å². The maximum Gasteiger partial charge on any atom is 0.336 e. The molecule has 1 saturated heterocycles. The maximum atomic E-state index is 11.4. The molecule has 26 heavy (non-hydrogen) atoms. The largest absolute Gasteiger partial charge is 0.491 e. The number of carbonyl (C=O) groups excluding carboxylic acids is 1. The summed E-state index contributed by atoms with van der Waals surface area (Å²) in [5.41, 5.74) is -1.26. The molecular weight excluding hydrogens is 340 g/mol. The first kappa shape index (κ1) is 18.2. The summed E-state index contributed by atoms with van der Waals surface area (Å²) in [5, 5.41) is 21.5. The fraction of sp³-hybridized carbons (Fsp3) is 0.368. The second kappa shape index (κ2) is 6.93. The van der Waals surface area contributed by atoms with E-state index in [9.17, 15) is 19.8 Å². The minimum Gasteiger partial charge on any atom is -0.491 e. The fourth-order valence-electron chi connectivity index (χ4n) is 2.83. The maximum absolute atomic E-state index is 11.4. The van der Waals surface area contributed by atoms with Crippen LogP contribution < -0.4 is 10.4 Å². The van der Waals surface area contributed by atoms with Crippen molar-refractivity contribution in [2.75, 3.05) is 6.61 Å². The van der Waals surface area contributed by atoms with Gasteiger partial charge in [0.15, 0.2) is 0 Å². The number of hydrogen-bond donors (Lipinski definition) is 2. The standard InChI is InChI=1S/C19H20O7/c1-11-7-14(25-18(11)22)9-19(2,23)16(20)10-24-13-5-3-12-4-6-17(21)26-15(12)8-13/h3-6,8,14,16,20,23H,1,7,9-10H2,2H3/t14-,16-,19-/m1/s1. The number of hydrogen-bond acceptors (Lipinski definition) is 7. The van der Waals surface area contributed by atoms with Crippen molar-refractivity contribution >= 4 is 16.9 Å². The molecule has 1 fully saturated rings. The lowest BCUT2D eigenvalue weighted by Gasteiger charge is -2.30. The zero-order valence-electron chi connectivity index (χ0n) is 14.3. The van der Waals surface area contributed by atoms with Gasteiger partial charge in [-0.15, -0.1) is 0 Å². The highest BCUT2D eigenvalue weighted by atomic mass is 16.6. The van der Waals surface area contributed by atoms with Crippen molar-refractivity contribution in [2.24, 2.45) is 0 Å². The van der Waals surface area contributed by atoms with E-state index < -0.39 is 29.4 Å². The van der Waals surface area contributed by atoms with Gasteiger partial charge in [0, 0.05) is 35.9 Å². The fourth-order valence-corrected chi connectivity index (χ4v) is 2.83. The lowest BCUT2D eigenvalue weighted by atomic mass is 9.91. The van der Waals surface area contributed by atoms with Crippen molar-refractivity contribution in [2.45, 2.75) is 37.6 Å². The second-order valence-corrected chi connectivity index (χ2v) is 6.68. The average Bonchev–Trinajstić information content (AvgIpc) is 2.88. The Morgan fingerprint density at radius 2 is 2.08 bits per heavy atom. The highest BCUT2D eigenvalue weighted by Crippen LogP contribution is 2.28. The molecule has 0 saturated carbocycles. The van der Waals surface area contributed by atoms with E-state index in [1.54, 1.807) is 24.3 Å². The third-order valence-corrected chi connectivity index (χ3v) is 4.40. The van der Waals surface area contributed by atoms with Gasteiger partial charge in [0.05, 0.1) is 5.60 Å². The van der Waals surface area contributed by atoms with Crippen LogP contribution in [0.5, 0.6) is 5.75 Å². The highest BCUT2D eigenvalue weighted by molar-refractivity contribution is 5.89. The second-order valence-electron chi connectivity index (χ2n) is 6.68. The smallest absolute Gasteiger partial charge is 0.336 e. The summed E-state index contributed by atoms with van der Waals surface area (Å²) in [5.74, 6) is -0.0865. The lowest BCUT2D eigenvalue weighted by Crippen LogP contribution is -2.45. The predicted molar refractivity (Wildman–Crippen MR) is 92.9 cm³/mol. The molecule has 7 nitrogen and oxygen atoms in total. The number of aliphatic hydroxyl groups excluding tert-OH is 1. The molecule has 2 heterocycles. The van der Waals surface area contributed by atoms with Gasteiger partial charge in [-0.25, -0.2) is 9.59 Å². The van der Waals surface area contributed by atoms with Gasteiger partial charge in [0.2, 0.25) is 0 Å². The number of aliphatic hydroxyl groups is 2. The molecule has 0 spiro atoms. The van der Waals surface area contributed by atoms with E-state index in [0.29, 0.717) is 23.3 Å². The first-order chi connectivity index (χ1) is 12.2. The average molecular weight is 360 g/mol. The van der Waals surface area contributed by atoms with Crippen LogP contribution in [0.15, 0.2) is 51.7 Å². The van der Waals surface area contributed by atoms with Crippen molar-refractivity contribution < 1.29 is 28.9 Å². The molecule has 3 rings (SSSR count). The van der Waals surface area contributed by atoms with Gasteiger partial charge < -0.3 is 24.1 Å². The first-order valence-corrected chi connectivity index (χ1v) is 8.20.